The summed E-state index contributed by atoms with van der Waals surface area (Å²) in [6, 6.07) is 2.45. The fourth-order valence-electron chi connectivity index (χ4n) is 2.56. The highest BCUT2D eigenvalue weighted by atomic mass is 32.2. The van der Waals surface area contributed by atoms with E-state index in [0.717, 1.165) is 12.8 Å². The molecule has 4 unspecified atom stereocenters. The molecule has 1 rings (SSSR count). The predicted molar refractivity (Wildman–Crippen MR) is 73.8 cm³/mol. The number of nitriles is 1. The molecule has 1 N–H and O–H groups in total. The SMILES string of the molecule is CC(CO)SC1CC(C(C)(C)C)CCC1C#N. The molecule has 2 nitrogen and oxygen atoms in total. The van der Waals surface area contributed by atoms with Crippen LogP contribution in [-0.4, -0.2) is 22.2 Å². The molecule has 0 aromatic carbocycles. The van der Waals surface area contributed by atoms with E-state index in [0.29, 0.717) is 16.6 Å². The van der Waals surface area contributed by atoms with E-state index in [1.54, 1.807) is 11.8 Å². The Morgan fingerprint density at radius 1 is 1.41 bits per heavy atom. The van der Waals surface area contributed by atoms with Gasteiger partial charge in [-0.05, 0) is 30.6 Å². The molecule has 0 radical (unpaired) electrons. The van der Waals surface area contributed by atoms with E-state index >= 15 is 0 Å². The van der Waals surface area contributed by atoms with Crippen LogP contribution in [0.15, 0.2) is 0 Å². The topological polar surface area (TPSA) is 44.0 Å². The van der Waals surface area contributed by atoms with Gasteiger partial charge in [-0.25, -0.2) is 0 Å². The van der Waals surface area contributed by atoms with Crippen molar-refractivity contribution in [2.75, 3.05) is 6.61 Å². The Kier molecular flexibility index (Phi) is 5.34. The van der Waals surface area contributed by atoms with Gasteiger partial charge in [0.1, 0.15) is 0 Å². The number of nitrogens with zero attached hydrogens (tertiary/aromatic N) is 1. The van der Waals surface area contributed by atoms with E-state index in [1.165, 1.54) is 6.42 Å². The maximum Gasteiger partial charge on any atom is 0.0667 e. The van der Waals surface area contributed by atoms with Crippen LogP contribution < -0.4 is 0 Å². The lowest BCUT2D eigenvalue weighted by atomic mass is 9.70. The summed E-state index contributed by atoms with van der Waals surface area (Å²) in [4.78, 5) is 0. The Morgan fingerprint density at radius 3 is 2.53 bits per heavy atom. The molecule has 17 heavy (non-hydrogen) atoms. The average molecular weight is 255 g/mol. The second-order valence-electron chi connectivity index (χ2n) is 6.28. The lowest BCUT2D eigenvalue weighted by molar-refractivity contribution is 0.168. The van der Waals surface area contributed by atoms with Crippen LogP contribution in [0.5, 0.6) is 0 Å². The van der Waals surface area contributed by atoms with Crippen LogP contribution in [0.3, 0.4) is 0 Å². The van der Waals surface area contributed by atoms with Crippen molar-refractivity contribution in [2.24, 2.45) is 17.3 Å². The first kappa shape index (κ1) is 14.9. The zero-order valence-electron chi connectivity index (χ0n) is 11.4. The van der Waals surface area contributed by atoms with Crippen LogP contribution in [-0.2, 0) is 0 Å². The fraction of sp³-hybridized carbons (Fsp3) is 0.929. The molecule has 0 heterocycles. The van der Waals surface area contributed by atoms with Crippen molar-refractivity contribution in [2.45, 2.75) is 57.5 Å². The lowest BCUT2D eigenvalue weighted by Crippen LogP contribution is -2.34. The van der Waals surface area contributed by atoms with E-state index in [4.69, 9.17) is 5.11 Å². The molecular weight excluding hydrogens is 230 g/mol. The second-order valence-corrected chi connectivity index (χ2v) is 7.96. The predicted octanol–water partition coefficient (Wildman–Crippen LogP) is 3.45. The minimum atomic E-state index is 0.174. The summed E-state index contributed by atoms with van der Waals surface area (Å²) < 4.78 is 0. The van der Waals surface area contributed by atoms with E-state index in [-0.39, 0.29) is 17.8 Å². The smallest absolute Gasteiger partial charge is 0.0667 e. The minimum absolute atomic E-state index is 0.174. The minimum Gasteiger partial charge on any atom is -0.395 e. The fourth-order valence-corrected chi connectivity index (χ4v) is 3.97. The molecule has 1 aliphatic rings. The molecule has 0 spiro atoms. The average Bonchev–Trinajstić information content (AvgIpc) is 2.27. The van der Waals surface area contributed by atoms with Gasteiger partial charge in [-0.2, -0.15) is 17.0 Å². The van der Waals surface area contributed by atoms with Crippen LogP contribution in [0.1, 0.15) is 47.0 Å². The number of aliphatic hydroxyl groups is 1. The first-order chi connectivity index (χ1) is 7.88. The van der Waals surface area contributed by atoms with Gasteiger partial charge < -0.3 is 5.11 Å². The van der Waals surface area contributed by atoms with Gasteiger partial charge in [0.05, 0.1) is 18.6 Å². The molecule has 0 aliphatic heterocycles. The summed E-state index contributed by atoms with van der Waals surface area (Å²) in [5, 5.41) is 19.0. The molecule has 1 aliphatic carbocycles. The summed E-state index contributed by atoms with van der Waals surface area (Å²) >= 11 is 1.80. The lowest BCUT2D eigenvalue weighted by Gasteiger charge is -2.40. The number of aliphatic hydroxyl groups excluding tert-OH is 1. The number of rotatable bonds is 3. The Labute approximate surface area is 110 Å². The summed E-state index contributed by atoms with van der Waals surface area (Å²) in [5.74, 6) is 0.878. The van der Waals surface area contributed by atoms with Crippen molar-refractivity contribution >= 4 is 11.8 Å². The van der Waals surface area contributed by atoms with Crippen molar-refractivity contribution in [3.8, 4) is 6.07 Å². The molecule has 1 fully saturated rings. The van der Waals surface area contributed by atoms with E-state index in [9.17, 15) is 5.26 Å². The van der Waals surface area contributed by atoms with E-state index in [2.05, 4.69) is 26.8 Å². The summed E-state index contributed by atoms with van der Waals surface area (Å²) in [6.45, 7) is 9.13. The number of thioether (sulfide) groups is 1. The van der Waals surface area contributed by atoms with Gasteiger partial charge in [0.25, 0.3) is 0 Å². The first-order valence-electron chi connectivity index (χ1n) is 6.54. The van der Waals surface area contributed by atoms with Gasteiger partial charge >= 0.3 is 0 Å². The Hall–Kier alpha value is -0.200. The number of hydrogen-bond acceptors (Lipinski definition) is 3. The second kappa shape index (κ2) is 6.11. The van der Waals surface area contributed by atoms with Crippen LogP contribution in [0.25, 0.3) is 0 Å². The van der Waals surface area contributed by atoms with Crippen molar-refractivity contribution in [3.63, 3.8) is 0 Å². The van der Waals surface area contributed by atoms with Crippen molar-refractivity contribution < 1.29 is 5.11 Å². The molecule has 98 valence electrons. The molecular formula is C14H25NOS. The van der Waals surface area contributed by atoms with Gasteiger partial charge in [-0.1, -0.05) is 27.7 Å². The third-order valence-corrected chi connectivity index (χ3v) is 5.33. The Balaban J connectivity index is 2.66. The highest BCUT2D eigenvalue weighted by Gasteiger charge is 2.36. The first-order valence-corrected chi connectivity index (χ1v) is 7.48. The monoisotopic (exact) mass is 255 g/mol. The van der Waals surface area contributed by atoms with Crippen LogP contribution in [0.4, 0.5) is 0 Å². The normalized spacial score (nSPS) is 31.9. The van der Waals surface area contributed by atoms with Crippen molar-refractivity contribution in [1.82, 2.24) is 0 Å². The molecule has 0 amide bonds. The molecule has 0 bridgehead atoms. The van der Waals surface area contributed by atoms with Crippen molar-refractivity contribution in [3.05, 3.63) is 0 Å². The third kappa shape index (κ3) is 4.19. The Bertz CT molecular complexity index is 279. The van der Waals surface area contributed by atoms with E-state index < -0.39 is 0 Å². The largest absolute Gasteiger partial charge is 0.395 e. The van der Waals surface area contributed by atoms with Crippen LogP contribution >= 0.6 is 11.8 Å². The summed E-state index contributed by atoms with van der Waals surface area (Å²) in [5.41, 5.74) is 0.335. The zero-order chi connectivity index (χ0) is 13.1. The highest BCUT2D eigenvalue weighted by molar-refractivity contribution is 8.00. The van der Waals surface area contributed by atoms with Gasteiger partial charge in [-0.3, -0.25) is 0 Å². The maximum absolute atomic E-state index is 9.21. The van der Waals surface area contributed by atoms with Crippen molar-refractivity contribution in [1.29, 1.82) is 5.26 Å². The molecule has 0 aromatic rings. The molecule has 0 saturated heterocycles. The highest BCUT2D eigenvalue weighted by Crippen LogP contribution is 2.44. The molecule has 0 aromatic heterocycles. The summed E-state index contributed by atoms with van der Waals surface area (Å²) in [6.07, 6.45) is 3.32. The number of hydrogen-bond donors (Lipinski definition) is 1. The molecule has 3 heteroatoms. The summed E-state index contributed by atoms with van der Waals surface area (Å²) in [7, 11) is 0. The standard InChI is InChI=1S/C14H25NOS/c1-10(9-16)17-13-7-12(14(2,3)4)6-5-11(13)8-15/h10-13,16H,5-7,9H2,1-4H3. The zero-order valence-corrected chi connectivity index (χ0v) is 12.3. The van der Waals surface area contributed by atoms with Gasteiger partial charge in [0.15, 0.2) is 0 Å². The molecule has 4 atom stereocenters. The van der Waals surface area contributed by atoms with Gasteiger partial charge in [0, 0.05) is 10.5 Å². The molecule has 1 saturated carbocycles. The maximum atomic E-state index is 9.21. The third-order valence-electron chi connectivity index (χ3n) is 3.85. The van der Waals surface area contributed by atoms with Gasteiger partial charge in [0.2, 0.25) is 0 Å². The van der Waals surface area contributed by atoms with Gasteiger partial charge in [-0.15, -0.1) is 0 Å². The Morgan fingerprint density at radius 2 is 2.06 bits per heavy atom. The van der Waals surface area contributed by atoms with Crippen LogP contribution in [0.2, 0.25) is 0 Å². The van der Waals surface area contributed by atoms with Crippen LogP contribution in [0, 0.1) is 28.6 Å². The van der Waals surface area contributed by atoms with E-state index in [1.807, 2.05) is 6.92 Å². The quantitative estimate of drug-likeness (QED) is 0.840.